The number of pyridine rings is 1. The Bertz CT molecular complexity index is 453. The van der Waals surface area contributed by atoms with Crippen LogP contribution in [0.2, 0.25) is 0 Å². The van der Waals surface area contributed by atoms with Gasteiger partial charge in [0.15, 0.2) is 0 Å². The van der Waals surface area contributed by atoms with E-state index < -0.39 is 0 Å². The first kappa shape index (κ1) is 13.9. The van der Waals surface area contributed by atoms with Gasteiger partial charge in [-0.15, -0.1) is 0 Å². The Morgan fingerprint density at radius 1 is 1.15 bits per heavy atom. The van der Waals surface area contributed by atoms with Crippen LogP contribution in [0.15, 0.2) is 12.1 Å². The molecule has 1 aromatic rings. The molecule has 2 fully saturated rings. The number of piperidine rings is 1. The van der Waals surface area contributed by atoms with Crippen molar-refractivity contribution in [1.29, 1.82) is 0 Å². The molecule has 0 atom stereocenters. The van der Waals surface area contributed by atoms with Crippen LogP contribution >= 0.6 is 0 Å². The molecule has 1 saturated carbocycles. The first-order valence-corrected chi connectivity index (χ1v) is 8.09. The van der Waals surface area contributed by atoms with Gasteiger partial charge in [0.05, 0.1) is 0 Å². The molecule has 110 valence electrons. The summed E-state index contributed by atoms with van der Waals surface area (Å²) in [6.45, 7) is 5.41. The van der Waals surface area contributed by atoms with E-state index in [9.17, 15) is 0 Å². The predicted octanol–water partition coefficient (Wildman–Crippen LogP) is 3.27. The van der Waals surface area contributed by atoms with Gasteiger partial charge in [0.25, 0.3) is 0 Å². The fourth-order valence-corrected chi connectivity index (χ4v) is 3.97. The van der Waals surface area contributed by atoms with Crippen LogP contribution in [0.25, 0.3) is 0 Å². The first-order chi connectivity index (χ1) is 9.72. The van der Waals surface area contributed by atoms with E-state index >= 15 is 0 Å². The summed E-state index contributed by atoms with van der Waals surface area (Å²) in [5.41, 5.74) is 3.16. The van der Waals surface area contributed by atoms with Gasteiger partial charge in [0.2, 0.25) is 0 Å². The van der Waals surface area contributed by atoms with Crippen LogP contribution in [-0.4, -0.2) is 25.1 Å². The Labute approximate surface area is 122 Å². The molecule has 0 bridgehead atoms. The van der Waals surface area contributed by atoms with Crippen molar-refractivity contribution in [2.75, 3.05) is 25.0 Å². The smallest absolute Gasteiger partial charge is 0.128 e. The second-order valence-corrected chi connectivity index (χ2v) is 6.64. The number of nitrogens with zero attached hydrogens (tertiary/aromatic N) is 2. The van der Waals surface area contributed by atoms with Gasteiger partial charge < -0.3 is 10.2 Å². The minimum absolute atomic E-state index is 0.692. The number of hydrogen-bond donors (Lipinski definition) is 1. The van der Waals surface area contributed by atoms with Gasteiger partial charge in [0, 0.05) is 25.3 Å². The zero-order valence-electron chi connectivity index (χ0n) is 12.9. The second kappa shape index (κ2) is 5.72. The van der Waals surface area contributed by atoms with E-state index in [0.29, 0.717) is 5.41 Å². The van der Waals surface area contributed by atoms with Crippen molar-refractivity contribution in [2.45, 2.75) is 52.0 Å². The lowest BCUT2D eigenvalue weighted by Crippen LogP contribution is -2.39. The normalized spacial score (nSPS) is 21.6. The van der Waals surface area contributed by atoms with Gasteiger partial charge in [-0.2, -0.15) is 0 Å². The zero-order chi connectivity index (χ0) is 14.0. The maximum absolute atomic E-state index is 4.82. The van der Waals surface area contributed by atoms with Gasteiger partial charge in [-0.1, -0.05) is 18.9 Å². The number of rotatable bonds is 3. The first-order valence-electron chi connectivity index (χ1n) is 8.09. The van der Waals surface area contributed by atoms with Crippen molar-refractivity contribution < 1.29 is 0 Å². The number of aryl methyl sites for hydroxylation is 1. The molecule has 0 radical (unpaired) electrons. The van der Waals surface area contributed by atoms with Crippen LogP contribution in [0.3, 0.4) is 0 Å². The van der Waals surface area contributed by atoms with Gasteiger partial charge >= 0.3 is 0 Å². The van der Waals surface area contributed by atoms with E-state index in [1.165, 1.54) is 63.0 Å². The summed E-state index contributed by atoms with van der Waals surface area (Å²) in [6.07, 6.45) is 8.58. The summed E-state index contributed by atoms with van der Waals surface area (Å²) in [7, 11) is 1.99. The third-order valence-electron chi connectivity index (χ3n) is 5.36. The number of hydrogen-bond acceptors (Lipinski definition) is 3. The van der Waals surface area contributed by atoms with Crippen LogP contribution in [-0.2, 0) is 6.54 Å². The monoisotopic (exact) mass is 273 g/mol. The van der Waals surface area contributed by atoms with E-state index in [0.717, 1.165) is 12.2 Å². The predicted molar refractivity (Wildman–Crippen MR) is 84.1 cm³/mol. The summed E-state index contributed by atoms with van der Waals surface area (Å²) in [5.74, 6) is 1.18. The number of anilines is 1. The number of aromatic nitrogens is 1. The number of nitrogens with one attached hydrogen (secondary N) is 1. The summed E-state index contributed by atoms with van der Waals surface area (Å²) in [4.78, 5) is 7.30. The van der Waals surface area contributed by atoms with Crippen molar-refractivity contribution in [3.63, 3.8) is 0 Å². The van der Waals surface area contributed by atoms with Crippen molar-refractivity contribution in [2.24, 2.45) is 5.41 Å². The highest BCUT2D eigenvalue weighted by Crippen LogP contribution is 2.46. The Balaban J connectivity index is 1.67. The fourth-order valence-electron chi connectivity index (χ4n) is 3.97. The minimum Gasteiger partial charge on any atom is -0.357 e. The average Bonchev–Trinajstić information content (AvgIpc) is 2.91. The molecule has 0 aromatic carbocycles. The van der Waals surface area contributed by atoms with Crippen LogP contribution in [0.4, 0.5) is 5.82 Å². The molecular weight excluding hydrogens is 246 g/mol. The topological polar surface area (TPSA) is 28.2 Å². The SMILES string of the molecule is CNCc1ccc(N2CCC3(CCCC3)CC2)nc1C. The van der Waals surface area contributed by atoms with E-state index in [2.05, 4.69) is 29.3 Å². The lowest BCUT2D eigenvalue weighted by molar-refractivity contribution is 0.226. The molecule has 3 heteroatoms. The van der Waals surface area contributed by atoms with Gasteiger partial charge in [-0.3, -0.25) is 0 Å². The summed E-state index contributed by atoms with van der Waals surface area (Å²) in [6, 6.07) is 4.43. The lowest BCUT2D eigenvalue weighted by Gasteiger charge is -2.40. The largest absolute Gasteiger partial charge is 0.357 e. The molecule has 3 rings (SSSR count). The molecule has 1 spiro atoms. The maximum atomic E-state index is 4.82. The minimum atomic E-state index is 0.692. The highest BCUT2D eigenvalue weighted by Gasteiger charge is 2.37. The van der Waals surface area contributed by atoms with Crippen molar-refractivity contribution >= 4 is 5.82 Å². The third-order valence-corrected chi connectivity index (χ3v) is 5.36. The standard InChI is InChI=1S/C17H27N3/c1-14-15(13-18-2)5-6-16(19-14)20-11-9-17(10-12-20)7-3-4-8-17/h5-6,18H,3-4,7-13H2,1-2H3. The summed E-state index contributed by atoms with van der Waals surface area (Å²) in [5, 5.41) is 3.20. The van der Waals surface area contributed by atoms with Crippen LogP contribution < -0.4 is 10.2 Å². The molecular formula is C17H27N3. The Hall–Kier alpha value is -1.09. The molecule has 1 aliphatic heterocycles. The molecule has 1 saturated heterocycles. The molecule has 20 heavy (non-hydrogen) atoms. The van der Waals surface area contributed by atoms with Gasteiger partial charge in [-0.25, -0.2) is 4.98 Å². The average molecular weight is 273 g/mol. The van der Waals surface area contributed by atoms with Gasteiger partial charge in [-0.05, 0) is 56.7 Å². The van der Waals surface area contributed by atoms with E-state index in [1.54, 1.807) is 0 Å². The molecule has 1 aliphatic carbocycles. The molecule has 0 unspecified atom stereocenters. The van der Waals surface area contributed by atoms with Crippen LogP contribution in [0, 0.1) is 12.3 Å². The van der Waals surface area contributed by atoms with Crippen molar-refractivity contribution in [3.05, 3.63) is 23.4 Å². The van der Waals surface area contributed by atoms with Gasteiger partial charge in [0.1, 0.15) is 5.82 Å². The highest BCUT2D eigenvalue weighted by atomic mass is 15.2. The second-order valence-electron chi connectivity index (χ2n) is 6.64. The molecule has 3 nitrogen and oxygen atoms in total. The maximum Gasteiger partial charge on any atom is 0.128 e. The van der Waals surface area contributed by atoms with Crippen molar-refractivity contribution in [3.8, 4) is 0 Å². The zero-order valence-corrected chi connectivity index (χ0v) is 12.9. The van der Waals surface area contributed by atoms with E-state index in [4.69, 9.17) is 4.98 Å². The Kier molecular flexibility index (Phi) is 3.97. The molecule has 0 amide bonds. The Morgan fingerprint density at radius 2 is 1.85 bits per heavy atom. The molecule has 1 aromatic heterocycles. The van der Waals surface area contributed by atoms with E-state index in [1.807, 2.05) is 7.05 Å². The summed E-state index contributed by atoms with van der Waals surface area (Å²) < 4.78 is 0. The lowest BCUT2D eigenvalue weighted by atomic mass is 9.77. The highest BCUT2D eigenvalue weighted by molar-refractivity contribution is 5.42. The fraction of sp³-hybridized carbons (Fsp3) is 0.706. The van der Waals surface area contributed by atoms with Crippen LogP contribution in [0.1, 0.15) is 49.8 Å². The third kappa shape index (κ3) is 2.69. The molecule has 2 aliphatic rings. The molecule has 2 heterocycles. The van der Waals surface area contributed by atoms with E-state index in [-0.39, 0.29) is 0 Å². The Morgan fingerprint density at radius 3 is 2.45 bits per heavy atom. The van der Waals surface area contributed by atoms with Crippen LogP contribution in [0.5, 0.6) is 0 Å². The van der Waals surface area contributed by atoms with Crippen molar-refractivity contribution in [1.82, 2.24) is 10.3 Å². The quantitative estimate of drug-likeness (QED) is 0.916. The molecule has 1 N–H and O–H groups in total. The summed E-state index contributed by atoms with van der Waals surface area (Å²) >= 11 is 0.